The van der Waals surface area contributed by atoms with Crippen molar-refractivity contribution >= 4 is 34.4 Å². The van der Waals surface area contributed by atoms with Crippen LogP contribution in [0.15, 0.2) is 36.4 Å². The van der Waals surface area contributed by atoms with Gasteiger partial charge in [-0.2, -0.15) is 0 Å². The Bertz CT molecular complexity index is 1440. The zero-order chi connectivity index (χ0) is 26.4. The van der Waals surface area contributed by atoms with Crippen LogP contribution in [0.2, 0.25) is 0 Å². The Morgan fingerprint density at radius 3 is 2.82 bits per heavy atom. The number of H-pyrrole nitrogens is 1. The number of fused-ring (bicyclic) bond motifs is 2. The fraction of sp³-hybridized carbons (Fsp3) is 0.433. The summed E-state index contributed by atoms with van der Waals surface area (Å²) in [6, 6.07) is 11.0. The van der Waals surface area contributed by atoms with Gasteiger partial charge in [-0.05, 0) is 92.3 Å². The van der Waals surface area contributed by atoms with Gasteiger partial charge >= 0.3 is 5.97 Å². The number of aromatic amines is 1. The number of carbonyl (C=O) groups is 3. The summed E-state index contributed by atoms with van der Waals surface area (Å²) < 4.78 is 10.8. The predicted molar refractivity (Wildman–Crippen MR) is 143 cm³/mol. The molecule has 1 spiro atoms. The number of nitrogens with zero attached hydrogens (tertiary/aromatic N) is 1. The van der Waals surface area contributed by atoms with Crippen LogP contribution in [-0.2, 0) is 27.2 Å². The van der Waals surface area contributed by atoms with Crippen molar-refractivity contribution in [3.05, 3.63) is 58.8 Å². The molecule has 6 rings (SSSR count). The third-order valence-corrected chi connectivity index (χ3v) is 8.14. The number of benzene rings is 2. The summed E-state index contributed by atoms with van der Waals surface area (Å²) in [5.41, 5.74) is 4.85. The second-order valence-corrected chi connectivity index (χ2v) is 11.0. The third-order valence-electron chi connectivity index (χ3n) is 8.14. The number of rotatable bonds is 6. The maximum absolute atomic E-state index is 13.6. The average molecular weight is 516 g/mol. The Morgan fingerprint density at radius 1 is 1.18 bits per heavy atom. The highest BCUT2D eigenvalue weighted by molar-refractivity contribution is 6.01. The van der Waals surface area contributed by atoms with Gasteiger partial charge in [0.2, 0.25) is 11.8 Å². The number of carbonyl (C=O) groups excluding carboxylic acids is 3. The highest BCUT2D eigenvalue weighted by Gasteiger charge is 2.55. The smallest absolute Gasteiger partial charge is 0.354 e. The summed E-state index contributed by atoms with van der Waals surface area (Å²) in [5.74, 6) is 0.321. The molecule has 2 aliphatic heterocycles. The van der Waals surface area contributed by atoms with E-state index in [2.05, 4.69) is 16.4 Å². The number of esters is 1. The molecular formula is C30H33N3O5. The first-order chi connectivity index (χ1) is 18.3. The molecule has 0 radical (unpaired) electrons. The Kier molecular flexibility index (Phi) is 6.13. The number of amides is 2. The molecule has 1 saturated carbocycles. The number of anilines is 1. The van der Waals surface area contributed by atoms with Crippen LogP contribution >= 0.6 is 0 Å². The van der Waals surface area contributed by atoms with Crippen molar-refractivity contribution in [2.24, 2.45) is 5.41 Å². The quantitative estimate of drug-likeness (QED) is 0.470. The van der Waals surface area contributed by atoms with E-state index in [0.717, 1.165) is 65.6 Å². The van der Waals surface area contributed by atoms with Gasteiger partial charge in [-0.3, -0.25) is 9.59 Å². The number of hydrogen-bond donors (Lipinski definition) is 2. The van der Waals surface area contributed by atoms with E-state index in [-0.39, 0.29) is 23.7 Å². The van der Waals surface area contributed by atoms with Gasteiger partial charge in [0.05, 0.1) is 19.6 Å². The van der Waals surface area contributed by atoms with Crippen LogP contribution in [-0.4, -0.2) is 53.5 Å². The van der Waals surface area contributed by atoms with Gasteiger partial charge in [0.1, 0.15) is 17.5 Å². The molecule has 2 aromatic carbocycles. The zero-order valence-corrected chi connectivity index (χ0v) is 21.9. The normalized spacial score (nSPS) is 19.2. The summed E-state index contributed by atoms with van der Waals surface area (Å²) in [5, 5.41) is 3.95. The molecule has 2 fully saturated rings. The summed E-state index contributed by atoms with van der Waals surface area (Å²) in [6.45, 7) is 5.36. The molecule has 0 unspecified atom stereocenters. The molecule has 8 heteroatoms. The van der Waals surface area contributed by atoms with Crippen LogP contribution in [0.3, 0.4) is 0 Å². The van der Waals surface area contributed by atoms with E-state index >= 15 is 0 Å². The first kappa shape index (κ1) is 24.5. The molecule has 3 aliphatic rings. The van der Waals surface area contributed by atoms with Crippen LogP contribution in [0.1, 0.15) is 59.8 Å². The molecule has 1 atom stereocenters. The summed E-state index contributed by atoms with van der Waals surface area (Å²) in [4.78, 5) is 44.1. The van der Waals surface area contributed by atoms with Crippen LogP contribution < -0.4 is 10.1 Å². The minimum Gasteiger partial charge on any atom is -0.493 e. The molecule has 3 aromatic rings. The summed E-state index contributed by atoms with van der Waals surface area (Å²) in [6.07, 6.45) is 5.03. The van der Waals surface area contributed by atoms with E-state index < -0.39 is 12.0 Å². The Balaban J connectivity index is 1.19. The van der Waals surface area contributed by atoms with E-state index in [4.69, 9.17) is 9.47 Å². The van der Waals surface area contributed by atoms with Crippen LogP contribution in [0, 0.1) is 12.3 Å². The summed E-state index contributed by atoms with van der Waals surface area (Å²) >= 11 is 0. The maximum Gasteiger partial charge on any atom is 0.354 e. The van der Waals surface area contributed by atoms with Crippen molar-refractivity contribution in [2.75, 3.05) is 25.1 Å². The van der Waals surface area contributed by atoms with Gasteiger partial charge in [-0.1, -0.05) is 12.1 Å². The van der Waals surface area contributed by atoms with E-state index in [0.29, 0.717) is 31.0 Å². The largest absolute Gasteiger partial charge is 0.493 e. The fourth-order valence-corrected chi connectivity index (χ4v) is 5.86. The van der Waals surface area contributed by atoms with Gasteiger partial charge < -0.3 is 24.7 Å². The van der Waals surface area contributed by atoms with Gasteiger partial charge in [-0.25, -0.2) is 4.79 Å². The zero-order valence-electron chi connectivity index (χ0n) is 21.9. The number of ether oxygens (including phenoxy) is 2. The topological polar surface area (TPSA) is 101 Å². The Morgan fingerprint density at radius 2 is 2.03 bits per heavy atom. The lowest BCUT2D eigenvalue weighted by atomic mass is 10.0. The second kappa shape index (κ2) is 9.49. The molecule has 2 amide bonds. The monoisotopic (exact) mass is 515 g/mol. The van der Waals surface area contributed by atoms with Crippen molar-refractivity contribution in [3.8, 4) is 5.75 Å². The first-order valence-electron chi connectivity index (χ1n) is 13.5. The van der Waals surface area contributed by atoms with Crippen molar-refractivity contribution in [1.29, 1.82) is 0 Å². The first-order valence-corrected chi connectivity index (χ1v) is 13.5. The Hall–Kier alpha value is -3.81. The van der Waals surface area contributed by atoms with Crippen LogP contribution in [0.5, 0.6) is 5.75 Å². The SMILES string of the molecule is CCOC(=O)c1cc2cc(C)c(NC(=O)[C@@H]3CC4(CC4)CN3C(=O)Cc3ccc4c(c3)CCCO4)cc2[nH]1. The lowest BCUT2D eigenvalue weighted by molar-refractivity contribution is -0.136. The molecule has 1 aromatic heterocycles. The van der Waals surface area contributed by atoms with Crippen molar-refractivity contribution < 1.29 is 23.9 Å². The van der Waals surface area contributed by atoms with Crippen molar-refractivity contribution in [3.63, 3.8) is 0 Å². The molecule has 1 saturated heterocycles. The average Bonchev–Trinajstić information content (AvgIpc) is 3.35. The van der Waals surface area contributed by atoms with E-state index in [9.17, 15) is 14.4 Å². The van der Waals surface area contributed by atoms with E-state index in [1.807, 2.05) is 31.2 Å². The van der Waals surface area contributed by atoms with Crippen molar-refractivity contribution in [1.82, 2.24) is 9.88 Å². The third kappa shape index (κ3) is 4.64. The minimum absolute atomic E-state index is 0.0128. The molecule has 2 N–H and O–H groups in total. The molecule has 3 heterocycles. The molecule has 8 nitrogen and oxygen atoms in total. The van der Waals surface area contributed by atoms with Crippen LogP contribution in [0.4, 0.5) is 5.69 Å². The highest BCUT2D eigenvalue weighted by Crippen LogP contribution is 2.55. The van der Waals surface area contributed by atoms with E-state index in [1.54, 1.807) is 17.9 Å². The van der Waals surface area contributed by atoms with E-state index in [1.165, 1.54) is 0 Å². The predicted octanol–water partition coefficient (Wildman–Crippen LogP) is 4.54. The maximum atomic E-state index is 13.6. The molecule has 1 aliphatic carbocycles. The lowest BCUT2D eigenvalue weighted by Crippen LogP contribution is -2.44. The van der Waals surface area contributed by atoms with Gasteiger partial charge in [-0.15, -0.1) is 0 Å². The number of aromatic nitrogens is 1. The number of nitrogens with one attached hydrogen (secondary N) is 2. The fourth-order valence-electron chi connectivity index (χ4n) is 5.86. The van der Waals surface area contributed by atoms with Gasteiger partial charge in [0.15, 0.2) is 0 Å². The number of hydrogen-bond acceptors (Lipinski definition) is 5. The molecule has 0 bridgehead atoms. The summed E-state index contributed by atoms with van der Waals surface area (Å²) in [7, 11) is 0. The van der Waals surface area contributed by atoms with Crippen LogP contribution in [0.25, 0.3) is 10.9 Å². The highest BCUT2D eigenvalue weighted by atomic mass is 16.5. The number of aryl methyl sites for hydroxylation is 2. The molecular weight excluding hydrogens is 482 g/mol. The minimum atomic E-state index is -0.500. The molecule has 198 valence electrons. The van der Waals surface area contributed by atoms with Crippen molar-refractivity contribution in [2.45, 2.75) is 58.4 Å². The van der Waals surface area contributed by atoms with Gasteiger partial charge in [0, 0.05) is 23.1 Å². The standard InChI is InChI=1S/C30H33N3O5/c1-3-37-29(36)24-14-21-11-18(2)22(15-23(21)31-24)32-28(35)25-16-30(8-9-30)17-33(25)27(34)13-19-6-7-26-20(12-19)5-4-10-38-26/h6-7,11-12,14-15,25,31H,3-5,8-10,13,16-17H2,1-2H3,(H,32,35)/t25-/m0/s1. The van der Waals surface area contributed by atoms with Gasteiger partial charge in [0.25, 0.3) is 0 Å². The molecule has 38 heavy (non-hydrogen) atoms. The lowest BCUT2D eigenvalue weighted by Gasteiger charge is -2.25. The number of likely N-dealkylation sites (tertiary alicyclic amines) is 1. The Labute approximate surface area is 221 Å². The second-order valence-electron chi connectivity index (χ2n) is 11.0.